The molecule has 0 radical (unpaired) electrons. The van der Waals surface area contributed by atoms with Gasteiger partial charge in [-0.25, -0.2) is 9.50 Å². The van der Waals surface area contributed by atoms with Crippen LogP contribution in [0.3, 0.4) is 0 Å². The van der Waals surface area contributed by atoms with Gasteiger partial charge in [0.2, 0.25) is 0 Å². The monoisotopic (exact) mass is 354 g/mol. The minimum Gasteiger partial charge on any atom is -0.493 e. The van der Waals surface area contributed by atoms with E-state index in [-0.39, 0.29) is 11.3 Å². The van der Waals surface area contributed by atoms with E-state index in [1.54, 1.807) is 55.3 Å². The van der Waals surface area contributed by atoms with Crippen LogP contribution in [0.2, 0.25) is 0 Å². The van der Waals surface area contributed by atoms with Crippen LogP contribution in [0.15, 0.2) is 36.5 Å². The van der Waals surface area contributed by atoms with Crippen molar-refractivity contribution < 1.29 is 14.3 Å². The Morgan fingerprint density at radius 2 is 1.81 bits per heavy atom. The standard InChI is InChI=1S/C19H22N4O3/c1-19(2,3)16-11-13(22-17-8-9-20-23(16)17)18(24)21-12-6-7-14(25-4)15(10-12)26-5/h6-11H,1-5H3,(H,21,24). The summed E-state index contributed by atoms with van der Waals surface area (Å²) in [5.74, 6) is 0.839. The number of carbonyl (C=O) groups is 1. The number of carbonyl (C=O) groups excluding carboxylic acids is 1. The first-order valence-electron chi connectivity index (χ1n) is 8.22. The van der Waals surface area contributed by atoms with Gasteiger partial charge in [-0.2, -0.15) is 5.10 Å². The molecule has 136 valence electrons. The fourth-order valence-corrected chi connectivity index (χ4v) is 2.67. The lowest BCUT2D eigenvalue weighted by molar-refractivity contribution is 0.102. The number of hydrogen-bond acceptors (Lipinski definition) is 5. The van der Waals surface area contributed by atoms with Crippen LogP contribution in [0.25, 0.3) is 5.65 Å². The zero-order valence-electron chi connectivity index (χ0n) is 15.5. The van der Waals surface area contributed by atoms with Crippen molar-refractivity contribution in [1.82, 2.24) is 14.6 Å². The zero-order valence-corrected chi connectivity index (χ0v) is 15.5. The van der Waals surface area contributed by atoms with Crippen molar-refractivity contribution in [1.29, 1.82) is 0 Å². The molecule has 0 saturated heterocycles. The lowest BCUT2D eigenvalue weighted by atomic mass is 9.91. The summed E-state index contributed by atoms with van der Waals surface area (Å²) in [5.41, 5.74) is 2.28. The van der Waals surface area contributed by atoms with Crippen LogP contribution in [-0.2, 0) is 5.41 Å². The van der Waals surface area contributed by atoms with E-state index in [2.05, 4.69) is 36.2 Å². The Hall–Kier alpha value is -3.09. The zero-order chi connectivity index (χ0) is 18.9. The number of hydrogen-bond donors (Lipinski definition) is 1. The summed E-state index contributed by atoms with van der Waals surface area (Å²) in [5, 5.41) is 7.16. The lowest BCUT2D eigenvalue weighted by Gasteiger charge is -2.20. The predicted molar refractivity (Wildman–Crippen MR) is 99.2 cm³/mol. The summed E-state index contributed by atoms with van der Waals surface area (Å²) >= 11 is 0. The Bertz CT molecular complexity index is 957. The van der Waals surface area contributed by atoms with E-state index in [1.807, 2.05) is 0 Å². The minimum atomic E-state index is -0.300. The first-order valence-corrected chi connectivity index (χ1v) is 8.22. The summed E-state index contributed by atoms with van der Waals surface area (Å²) in [6, 6.07) is 8.75. The van der Waals surface area contributed by atoms with Crippen LogP contribution < -0.4 is 14.8 Å². The molecule has 1 aromatic carbocycles. The Balaban J connectivity index is 1.95. The van der Waals surface area contributed by atoms with E-state index in [9.17, 15) is 4.79 Å². The molecule has 1 amide bonds. The van der Waals surface area contributed by atoms with Crippen LogP contribution in [0.1, 0.15) is 37.0 Å². The number of benzene rings is 1. The fourth-order valence-electron chi connectivity index (χ4n) is 2.67. The van der Waals surface area contributed by atoms with Gasteiger partial charge in [-0.15, -0.1) is 0 Å². The molecular weight excluding hydrogens is 332 g/mol. The summed E-state index contributed by atoms with van der Waals surface area (Å²) < 4.78 is 12.2. The third-order valence-corrected chi connectivity index (χ3v) is 4.00. The number of ether oxygens (including phenoxy) is 2. The summed E-state index contributed by atoms with van der Waals surface area (Å²) in [6.07, 6.45) is 1.67. The molecule has 7 nitrogen and oxygen atoms in total. The van der Waals surface area contributed by atoms with Gasteiger partial charge in [-0.1, -0.05) is 20.8 Å². The van der Waals surface area contributed by atoms with Crippen LogP contribution in [-0.4, -0.2) is 34.7 Å². The molecule has 0 fully saturated rings. The van der Waals surface area contributed by atoms with Crippen molar-refractivity contribution in [2.24, 2.45) is 0 Å². The van der Waals surface area contributed by atoms with E-state index < -0.39 is 0 Å². The molecule has 3 aromatic rings. The molecule has 0 aliphatic heterocycles. The maximum absolute atomic E-state index is 12.7. The van der Waals surface area contributed by atoms with Crippen molar-refractivity contribution in [2.75, 3.05) is 19.5 Å². The van der Waals surface area contributed by atoms with E-state index in [0.717, 1.165) is 5.69 Å². The number of anilines is 1. The third-order valence-electron chi connectivity index (χ3n) is 4.00. The van der Waals surface area contributed by atoms with Gasteiger partial charge in [0.15, 0.2) is 17.1 Å². The second-order valence-electron chi connectivity index (χ2n) is 6.90. The highest BCUT2D eigenvalue weighted by molar-refractivity contribution is 6.03. The highest BCUT2D eigenvalue weighted by atomic mass is 16.5. The lowest BCUT2D eigenvalue weighted by Crippen LogP contribution is -2.21. The molecule has 0 spiro atoms. The first kappa shape index (κ1) is 17.7. The maximum atomic E-state index is 12.7. The van der Waals surface area contributed by atoms with Crippen molar-refractivity contribution in [3.63, 3.8) is 0 Å². The fraction of sp³-hybridized carbons (Fsp3) is 0.316. The van der Waals surface area contributed by atoms with Crippen LogP contribution in [0, 0.1) is 0 Å². The van der Waals surface area contributed by atoms with E-state index in [0.29, 0.717) is 28.5 Å². The van der Waals surface area contributed by atoms with Gasteiger partial charge in [0.1, 0.15) is 5.69 Å². The number of nitrogens with one attached hydrogen (secondary N) is 1. The van der Waals surface area contributed by atoms with E-state index >= 15 is 0 Å². The number of amides is 1. The molecule has 0 atom stereocenters. The van der Waals surface area contributed by atoms with E-state index in [1.165, 1.54) is 0 Å². The van der Waals surface area contributed by atoms with Crippen molar-refractivity contribution >= 4 is 17.2 Å². The average molecular weight is 354 g/mol. The number of rotatable bonds is 4. The topological polar surface area (TPSA) is 77.8 Å². The summed E-state index contributed by atoms with van der Waals surface area (Å²) in [6.45, 7) is 6.21. The molecule has 0 aliphatic rings. The molecule has 2 heterocycles. The van der Waals surface area contributed by atoms with Crippen LogP contribution in [0.5, 0.6) is 11.5 Å². The molecule has 26 heavy (non-hydrogen) atoms. The SMILES string of the molecule is COc1ccc(NC(=O)c2cc(C(C)(C)C)n3nccc3n2)cc1OC. The average Bonchev–Trinajstić information content (AvgIpc) is 3.08. The van der Waals surface area contributed by atoms with Gasteiger partial charge < -0.3 is 14.8 Å². The number of fused-ring (bicyclic) bond motifs is 1. The molecule has 3 rings (SSSR count). The highest BCUT2D eigenvalue weighted by Crippen LogP contribution is 2.30. The summed E-state index contributed by atoms with van der Waals surface area (Å²) in [4.78, 5) is 17.2. The van der Waals surface area contributed by atoms with Gasteiger partial charge in [0, 0.05) is 23.2 Å². The van der Waals surface area contributed by atoms with Crippen LogP contribution in [0.4, 0.5) is 5.69 Å². The predicted octanol–water partition coefficient (Wildman–Crippen LogP) is 3.30. The van der Waals surface area contributed by atoms with Gasteiger partial charge >= 0.3 is 0 Å². The molecule has 2 aromatic heterocycles. The minimum absolute atomic E-state index is 0.189. The molecular formula is C19H22N4O3. The van der Waals surface area contributed by atoms with Crippen molar-refractivity contribution in [3.8, 4) is 11.5 Å². The van der Waals surface area contributed by atoms with Gasteiger partial charge in [-0.05, 0) is 18.2 Å². The van der Waals surface area contributed by atoms with Gasteiger partial charge in [0.05, 0.1) is 26.1 Å². The molecule has 7 heteroatoms. The Morgan fingerprint density at radius 1 is 1.08 bits per heavy atom. The van der Waals surface area contributed by atoms with Crippen molar-refractivity contribution in [2.45, 2.75) is 26.2 Å². The molecule has 0 saturated carbocycles. The Morgan fingerprint density at radius 3 is 2.46 bits per heavy atom. The third kappa shape index (κ3) is 3.33. The highest BCUT2D eigenvalue weighted by Gasteiger charge is 2.22. The maximum Gasteiger partial charge on any atom is 0.274 e. The second-order valence-corrected chi connectivity index (χ2v) is 6.90. The smallest absolute Gasteiger partial charge is 0.274 e. The largest absolute Gasteiger partial charge is 0.493 e. The van der Waals surface area contributed by atoms with Gasteiger partial charge in [-0.3, -0.25) is 4.79 Å². The Kier molecular flexibility index (Phi) is 4.54. The number of aromatic nitrogens is 3. The summed E-state index contributed by atoms with van der Waals surface area (Å²) in [7, 11) is 3.11. The molecule has 0 aliphatic carbocycles. The van der Waals surface area contributed by atoms with E-state index in [4.69, 9.17) is 9.47 Å². The first-order chi connectivity index (χ1) is 12.3. The Labute approximate surface area is 152 Å². The molecule has 1 N–H and O–H groups in total. The van der Waals surface area contributed by atoms with Crippen molar-refractivity contribution in [3.05, 3.63) is 47.9 Å². The number of nitrogens with zero attached hydrogens (tertiary/aromatic N) is 3. The number of methoxy groups -OCH3 is 2. The normalized spacial score (nSPS) is 11.4. The second kappa shape index (κ2) is 6.67. The van der Waals surface area contributed by atoms with Gasteiger partial charge in [0.25, 0.3) is 5.91 Å². The molecule has 0 bridgehead atoms. The van der Waals surface area contributed by atoms with Crippen LogP contribution >= 0.6 is 0 Å². The quantitative estimate of drug-likeness (QED) is 0.778. The molecule has 0 unspecified atom stereocenters.